The normalized spacial score (nSPS) is 10.4. The Hall–Kier alpha value is -2.17. The Bertz CT molecular complexity index is 584. The molecule has 1 aromatic carbocycles. The second-order valence-electron chi connectivity index (χ2n) is 4.29. The van der Waals surface area contributed by atoms with Crippen molar-refractivity contribution in [3.05, 3.63) is 46.4 Å². The SMILES string of the molecule is Cc1cc(F)cc(C(=O)Nc2n[nH]c(C)c2C)c1. The lowest BCUT2D eigenvalue weighted by Gasteiger charge is -2.04. The first-order valence-corrected chi connectivity index (χ1v) is 5.57. The van der Waals surface area contributed by atoms with Gasteiger partial charge in [0.2, 0.25) is 0 Å². The third-order valence-corrected chi connectivity index (χ3v) is 2.79. The Morgan fingerprint density at radius 1 is 1.28 bits per heavy atom. The molecule has 0 unspecified atom stereocenters. The van der Waals surface area contributed by atoms with Crippen molar-refractivity contribution in [2.45, 2.75) is 20.8 Å². The molecule has 0 spiro atoms. The molecular formula is C13H14FN3O. The lowest BCUT2D eigenvalue weighted by molar-refractivity contribution is 0.102. The molecule has 2 aromatic rings. The molecule has 0 aliphatic rings. The Morgan fingerprint density at radius 3 is 2.56 bits per heavy atom. The molecule has 0 radical (unpaired) electrons. The minimum atomic E-state index is -0.421. The van der Waals surface area contributed by atoms with E-state index in [1.807, 2.05) is 13.8 Å². The second-order valence-corrected chi connectivity index (χ2v) is 4.29. The summed E-state index contributed by atoms with van der Waals surface area (Å²) in [4.78, 5) is 11.9. The quantitative estimate of drug-likeness (QED) is 0.857. The van der Waals surface area contributed by atoms with Crippen LogP contribution in [0.25, 0.3) is 0 Å². The number of aromatic nitrogens is 2. The molecule has 4 nitrogen and oxygen atoms in total. The molecule has 0 aliphatic carbocycles. The van der Waals surface area contributed by atoms with Gasteiger partial charge in [0.05, 0.1) is 0 Å². The molecule has 0 bridgehead atoms. The summed E-state index contributed by atoms with van der Waals surface area (Å²) in [5, 5.41) is 9.41. The van der Waals surface area contributed by atoms with Crippen LogP contribution in [0.4, 0.5) is 10.2 Å². The number of benzene rings is 1. The number of anilines is 1. The van der Waals surface area contributed by atoms with Gasteiger partial charge in [-0.3, -0.25) is 9.89 Å². The Labute approximate surface area is 104 Å². The maximum absolute atomic E-state index is 13.2. The van der Waals surface area contributed by atoms with Crippen LogP contribution < -0.4 is 5.32 Å². The van der Waals surface area contributed by atoms with Crippen molar-refractivity contribution in [3.8, 4) is 0 Å². The lowest BCUT2D eigenvalue weighted by atomic mass is 10.1. The van der Waals surface area contributed by atoms with E-state index in [-0.39, 0.29) is 11.5 Å². The van der Waals surface area contributed by atoms with Crippen LogP contribution in [0.5, 0.6) is 0 Å². The van der Waals surface area contributed by atoms with Crippen LogP contribution >= 0.6 is 0 Å². The van der Waals surface area contributed by atoms with E-state index in [9.17, 15) is 9.18 Å². The van der Waals surface area contributed by atoms with Gasteiger partial charge in [-0.2, -0.15) is 5.10 Å². The van der Waals surface area contributed by atoms with E-state index in [1.54, 1.807) is 13.0 Å². The molecule has 0 atom stereocenters. The largest absolute Gasteiger partial charge is 0.305 e. The smallest absolute Gasteiger partial charge is 0.256 e. The molecule has 2 rings (SSSR count). The van der Waals surface area contributed by atoms with Crippen LogP contribution in [0.2, 0.25) is 0 Å². The molecule has 94 valence electrons. The number of hydrogen-bond donors (Lipinski definition) is 2. The van der Waals surface area contributed by atoms with E-state index < -0.39 is 5.82 Å². The van der Waals surface area contributed by atoms with Crippen LogP contribution in [0, 0.1) is 26.6 Å². The number of nitrogens with zero attached hydrogens (tertiary/aromatic N) is 1. The number of H-pyrrole nitrogens is 1. The number of carbonyl (C=O) groups is 1. The number of aromatic amines is 1. The van der Waals surface area contributed by atoms with Gasteiger partial charge in [-0.15, -0.1) is 0 Å². The standard InChI is InChI=1S/C13H14FN3O/c1-7-4-10(6-11(14)5-7)13(18)15-12-8(2)9(3)16-17-12/h4-6H,1-3H3,(H2,15,16,17,18). The lowest BCUT2D eigenvalue weighted by Crippen LogP contribution is -2.13. The van der Waals surface area contributed by atoms with E-state index in [4.69, 9.17) is 0 Å². The van der Waals surface area contributed by atoms with Crippen molar-refractivity contribution in [1.82, 2.24) is 10.2 Å². The zero-order valence-corrected chi connectivity index (χ0v) is 10.5. The van der Waals surface area contributed by atoms with Gasteiger partial charge >= 0.3 is 0 Å². The van der Waals surface area contributed by atoms with Crippen molar-refractivity contribution in [2.24, 2.45) is 0 Å². The molecule has 5 heteroatoms. The van der Waals surface area contributed by atoms with Gasteiger partial charge in [0, 0.05) is 16.8 Å². The van der Waals surface area contributed by atoms with Crippen LogP contribution in [0.3, 0.4) is 0 Å². The first-order chi connectivity index (χ1) is 8.47. The summed E-state index contributed by atoms with van der Waals surface area (Å²) in [5.41, 5.74) is 2.75. The number of aryl methyl sites for hydroxylation is 2. The molecule has 0 fully saturated rings. The summed E-state index contributed by atoms with van der Waals surface area (Å²) in [7, 11) is 0. The zero-order chi connectivity index (χ0) is 13.3. The first kappa shape index (κ1) is 12.3. The van der Waals surface area contributed by atoms with Gasteiger partial charge in [0.1, 0.15) is 5.82 Å². The van der Waals surface area contributed by atoms with E-state index in [0.717, 1.165) is 11.3 Å². The molecule has 1 amide bonds. The third-order valence-electron chi connectivity index (χ3n) is 2.79. The molecule has 1 aromatic heterocycles. The maximum Gasteiger partial charge on any atom is 0.256 e. The van der Waals surface area contributed by atoms with Crippen LogP contribution in [-0.4, -0.2) is 16.1 Å². The number of amides is 1. The predicted molar refractivity (Wildman–Crippen MR) is 67.2 cm³/mol. The van der Waals surface area contributed by atoms with E-state index in [0.29, 0.717) is 11.4 Å². The molecule has 18 heavy (non-hydrogen) atoms. The minimum absolute atomic E-state index is 0.285. The highest BCUT2D eigenvalue weighted by Crippen LogP contribution is 2.16. The average Bonchev–Trinajstić information content (AvgIpc) is 2.59. The summed E-state index contributed by atoms with van der Waals surface area (Å²) in [5.74, 6) is -0.318. The monoisotopic (exact) mass is 247 g/mol. The Balaban J connectivity index is 2.24. The van der Waals surface area contributed by atoms with Gasteiger partial charge < -0.3 is 5.32 Å². The summed E-state index contributed by atoms with van der Waals surface area (Å²) in [6.45, 7) is 5.46. The second kappa shape index (κ2) is 4.60. The third kappa shape index (κ3) is 2.40. The molecule has 2 N–H and O–H groups in total. The fraction of sp³-hybridized carbons (Fsp3) is 0.231. The number of carbonyl (C=O) groups excluding carboxylic acids is 1. The van der Waals surface area contributed by atoms with Crippen LogP contribution in [0.1, 0.15) is 27.2 Å². The number of rotatable bonds is 2. The van der Waals surface area contributed by atoms with Crippen molar-refractivity contribution >= 4 is 11.7 Å². The molecule has 0 saturated heterocycles. The van der Waals surface area contributed by atoms with Gasteiger partial charge in [-0.25, -0.2) is 4.39 Å². The Kier molecular flexibility index (Phi) is 3.14. The highest BCUT2D eigenvalue weighted by molar-refractivity contribution is 6.04. The van der Waals surface area contributed by atoms with E-state index in [2.05, 4.69) is 15.5 Å². The van der Waals surface area contributed by atoms with Crippen LogP contribution in [0.15, 0.2) is 18.2 Å². The first-order valence-electron chi connectivity index (χ1n) is 5.57. The van der Waals surface area contributed by atoms with Crippen molar-refractivity contribution < 1.29 is 9.18 Å². The van der Waals surface area contributed by atoms with Gasteiger partial charge in [-0.05, 0) is 44.5 Å². The predicted octanol–water partition coefficient (Wildman–Crippen LogP) is 2.73. The van der Waals surface area contributed by atoms with E-state index in [1.165, 1.54) is 12.1 Å². The molecule has 0 aliphatic heterocycles. The van der Waals surface area contributed by atoms with Crippen molar-refractivity contribution in [2.75, 3.05) is 5.32 Å². The highest BCUT2D eigenvalue weighted by atomic mass is 19.1. The number of nitrogens with one attached hydrogen (secondary N) is 2. The number of halogens is 1. The molecule has 0 saturated carbocycles. The zero-order valence-electron chi connectivity index (χ0n) is 10.5. The van der Waals surface area contributed by atoms with Gasteiger partial charge in [-0.1, -0.05) is 0 Å². The Morgan fingerprint density at radius 2 is 2.00 bits per heavy atom. The maximum atomic E-state index is 13.2. The summed E-state index contributed by atoms with van der Waals surface area (Å²) in [6, 6.07) is 4.21. The van der Waals surface area contributed by atoms with Gasteiger partial charge in [0.15, 0.2) is 5.82 Å². The fourth-order valence-electron chi connectivity index (χ4n) is 1.65. The van der Waals surface area contributed by atoms with Gasteiger partial charge in [0.25, 0.3) is 5.91 Å². The molecule has 1 heterocycles. The van der Waals surface area contributed by atoms with Crippen LogP contribution in [-0.2, 0) is 0 Å². The number of hydrogen-bond acceptors (Lipinski definition) is 2. The topological polar surface area (TPSA) is 57.8 Å². The average molecular weight is 247 g/mol. The fourth-order valence-corrected chi connectivity index (χ4v) is 1.65. The van der Waals surface area contributed by atoms with Crippen molar-refractivity contribution in [1.29, 1.82) is 0 Å². The summed E-state index contributed by atoms with van der Waals surface area (Å²) < 4.78 is 13.2. The van der Waals surface area contributed by atoms with E-state index >= 15 is 0 Å². The highest BCUT2D eigenvalue weighted by Gasteiger charge is 2.12. The molecular weight excluding hydrogens is 233 g/mol. The van der Waals surface area contributed by atoms with Crippen molar-refractivity contribution in [3.63, 3.8) is 0 Å². The summed E-state index contributed by atoms with van der Waals surface area (Å²) in [6.07, 6.45) is 0. The minimum Gasteiger partial charge on any atom is -0.305 e. The summed E-state index contributed by atoms with van der Waals surface area (Å²) >= 11 is 0.